The highest BCUT2D eigenvalue weighted by Crippen LogP contribution is 2.27. The third-order valence-corrected chi connectivity index (χ3v) is 5.76. The van der Waals surface area contributed by atoms with E-state index in [1.54, 1.807) is 18.5 Å². The second-order valence-corrected chi connectivity index (χ2v) is 8.60. The van der Waals surface area contributed by atoms with Crippen LogP contribution in [-0.2, 0) is 6.54 Å². The number of nitrogens with one attached hydrogen (secondary N) is 2. The number of anilines is 1. The van der Waals surface area contributed by atoms with Crippen molar-refractivity contribution in [1.82, 2.24) is 25.1 Å². The summed E-state index contributed by atoms with van der Waals surface area (Å²) < 4.78 is 26.6. The van der Waals surface area contributed by atoms with E-state index in [1.807, 2.05) is 42.2 Å². The molecule has 0 atom stereocenters. The molecular weight excluding hydrogens is 464 g/mol. The number of pyridine rings is 2. The van der Waals surface area contributed by atoms with Crippen LogP contribution in [0, 0.1) is 11.3 Å². The molecule has 0 aliphatic carbocycles. The molecule has 0 aliphatic rings. The molecule has 0 saturated heterocycles. The standard InChI is InChI=1S/C26H25F2N7O/c1-3-35(9-8-26(2,27)28)16-17-10-19(14-30-13-17)18-4-7-23-22(11-18)24(34-33-23)25(36)32-21-6-5-20(12-29)31-15-21/h4-7,10-11,13-15H,3,8-9,16H2,1-2H3,(H,32,36)(H,33,34). The molecule has 0 unspecified atom stereocenters. The smallest absolute Gasteiger partial charge is 0.276 e. The van der Waals surface area contributed by atoms with Gasteiger partial charge in [0.15, 0.2) is 5.69 Å². The molecule has 0 saturated carbocycles. The van der Waals surface area contributed by atoms with E-state index in [0.29, 0.717) is 36.2 Å². The summed E-state index contributed by atoms with van der Waals surface area (Å²) in [4.78, 5) is 23.1. The van der Waals surface area contributed by atoms with Crippen LogP contribution >= 0.6 is 0 Å². The van der Waals surface area contributed by atoms with Crippen molar-refractivity contribution in [3.63, 3.8) is 0 Å². The number of rotatable bonds is 9. The minimum absolute atomic E-state index is 0.200. The predicted octanol–water partition coefficient (Wildman–Crippen LogP) is 5.01. The van der Waals surface area contributed by atoms with Gasteiger partial charge in [-0.25, -0.2) is 13.8 Å². The third kappa shape index (κ3) is 6.06. The lowest BCUT2D eigenvalue weighted by molar-refractivity contribution is 0.00290. The number of aromatic amines is 1. The Morgan fingerprint density at radius 3 is 2.69 bits per heavy atom. The molecule has 0 spiro atoms. The Bertz CT molecular complexity index is 1400. The number of benzene rings is 1. The number of hydrogen-bond acceptors (Lipinski definition) is 6. The molecule has 0 radical (unpaired) electrons. The molecule has 0 aliphatic heterocycles. The Hall–Kier alpha value is -4.23. The summed E-state index contributed by atoms with van der Waals surface area (Å²) in [5.74, 6) is -3.11. The van der Waals surface area contributed by atoms with E-state index < -0.39 is 11.8 Å². The van der Waals surface area contributed by atoms with E-state index >= 15 is 0 Å². The van der Waals surface area contributed by atoms with Crippen molar-refractivity contribution in [3.05, 3.63) is 71.9 Å². The molecule has 10 heteroatoms. The zero-order valence-corrected chi connectivity index (χ0v) is 19.9. The van der Waals surface area contributed by atoms with Crippen molar-refractivity contribution in [2.75, 3.05) is 18.4 Å². The summed E-state index contributed by atoms with van der Waals surface area (Å²) in [6, 6.07) is 12.6. The first-order chi connectivity index (χ1) is 17.3. The first kappa shape index (κ1) is 24.9. The summed E-state index contributed by atoms with van der Waals surface area (Å²) in [5.41, 5.74) is 4.22. The normalized spacial score (nSPS) is 11.6. The number of carbonyl (C=O) groups excluding carboxylic acids is 1. The van der Waals surface area contributed by atoms with Gasteiger partial charge >= 0.3 is 0 Å². The molecular formula is C26H25F2N7O. The van der Waals surface area contributed by atoms with Crippen molar-refractivity contribution in [1.29, 1.82) is 5.26 Å². The minimum atomic E-state index is -2.70. The van der Waals surface area contributed by atoms with Crippen molar-refractivity contribution in [2.45, 2.75) is 32.7 Å². The molecule has 36 heavy (non-hydrogen) atoms. The quantitative estimate of drug-likeness (QED) is 0.342. The average molecular weight is 490 g/mol. The molecule has 4 rings (SSSR count). The molecule has 184 valence electrons. The van der Waals surface area contributed by atoms with Gasteiger partial charge < -0.3 is 5.32 Å². The highest BCUT2D eigenvalue weighted by molar-refractivity contribution is 6.11. The largest absolute Gasteiger partial charge is 0.319 e. The van der Waals surface area contributed by atoms with Crippen LogP contribution in [0.3, 0.4) is 0 Å². The predicted molar refractivity (Wildman–Crippen MR) is 132 cm³/mol. The van der Waals surface area contributed by atoms with E-state index in [4.69, 9.17) is 5.26 Å². The van der Waals surface area contributed by atoms with E-state index in [2.05, 4.69) is 25.5 Å². The van der Waals surface area contributed by atoms with Gasteiger partial charge in [0.25, 0.3) is 5.91 Å². The molecule has 2 N–H and O–H groups in total. The van der Waals surface area contributed by atoms with Crippen molar-refractivity contribution in [3.8, 4) is 17.2 Å². The first-order valence-electron chi connectivity index (χ1n) is 11.5. The molecule has 8 nitrogen and oxygen atoms in total. The fourth-order valence-corrected chi connectivity index (χ4v) is 3.78. The average Bonchev–Trinajstić information content (AvgIpc) is 3.30. The molecule has 0 bridgehead atoms. The van der Waals surface area contributed by atoms with E-state index in [1.165, 1.54) is 12.3 Å². The van der Waals surface area contributed by atoms with Gasteiger partial charge in [-0.05, 0) is 54.9 Å². The van der Waals surface area contributed by atoms with Gasteiger partial charge in [-0.3, -0.25) is 19.8 Å². The van der Waals surface area contributed by atoms with E-state index in [0.717, 1.165) is 23.6 Å². The lowest BCUT2D eigenvalue weighted by Gasteiger charge is -2.22. The number of amides is 1. The van der Waals surface area contributed by atoms with Crippen LogP contribution in [0.15, 0.2) is 55.0 Å². The summed E-state index contributed by atoms with van der Waals surface area (Å²) in [6.07, 6.45) is 4.67. The SMILES string of the molecule is CCN(CCC(C)(F)F)Cc1cncc(-c2ccc3[nH]nc(C(=O)Nc4ccc(C#N)nc4)c3c2)c1. The summed E-state index contributed by atoms with van der Waals surface area (Å²) in [5, 5.41) is 19.3. The molecule has 4 aromatic rings. The fourth-order valence-electron chi connectivity index (χ4n) is 3.78. The molecule has 3 aromatic heterocycles. The number of H-pyrrole nitrogens is 1. The second kappa shape index (κ2) is 10.6. The van der Waals surface area contributed by atoms with Gasteiger partial charge in [0.1, 0.15) is 11.8 Å². The van der Waals surface area contributed by atoms with Crippen LogP contribution in [0.25, 0.3) is 22.0 Å². The van der Waals surface area contributed by atoms with Crippen LogP contribution in [0.2, 0.25) is 0 Å². The number of carbonyl (C=O) groups is 1. The van der Waals surface area contributed by atoms with Crippen LogP contribution in [0.4, 0.5) is 14.5 Å². The third-order valence-electron chi connectivity index (χ3n) is 5.76. The topological polar surface area (TPSA) is 111 Å². The maximum Gasteiger partial charge on any atom is 0.276 e. The first-order valence-corrected chi connectivity index (χ1v) is 11.5. The van der Waals surface area contributed by atoms with Crippen LogP contribution in [0.5, 0.6) is 0 Å². The maximum atomic E-state index is 13.3. The zero-order valence-electron chi connectivity index (χ0n) is 19.9. The second-order valence-electron chi connectivity index (χ2n) is 8.60. The summed E-state index contributed by atoms with van der Waals surface area (Å²) in [7, 11) is 0. The fraction of sp³-hybridized carbons (Fsp3) is 0.269. The Kier molecular flexibility index (Phi) is 7.31. The maximum absolute atomic E-state index is 13.3. The monoisotopic (exact) mass is 489 g/mol. The molecule has 3 heterocycles. The van der Waals surface area contributed by atoms with Gasteiger partial charge in [-0.1, -0.05) is 13.0 Å². The van der Waals surface area contributed by atoms with E-state index in [-0.39, 0.29) is 17.8 Å². The van der Waals surface area contributed by atoms with Crippen LogP contribution in [0.1, 0.15) is 42.0 Å². The van der Waals surface area contributed by atoms with Gasteiger partial charge in [-0.15, -0.1) is 0 Å². The lowest BCUT2D eigenvalue weighted by atomic mass is 10.0. The van der Waals surface area contributed by atoms with Crippen LogP contribution in [-0.4, -0.2) is 50.0 Å². The summed E-state index contributed by atoms with van der Waals surface area (Å²) in [6.45, 7) is 4.32. The van der Waals surface area contributed by atoms with Gasteiger partial charge in [0.05, 0.1) is 17.4 Å². The highest BCUT2D eigenvalue weighted by Gasteiger charge is 2.22. The molecule has 1 amide bonds. The minimum Gasteiger partial charge on any atom is -0.319 e. The Balaban J connectivity index is 1.55. The number of alkyl halides is 2. The van der Waals surface area contributed by atoms with E-state index in [9.17, 15) is 13.6 Å². The van der Waals surface area contributed by atoms with Crippen molar-refractivity contribution >= 4 is 22.5 Å². The number of aromatic nitrogens is 4. The number of fused-ring (bicyclic) bond motifs is 1. The Labute approximate surface area is 207 Å². The Morgan fingerprint density at radius 2 is 2.00 bits per heavy atom. The lowest BCUT2D eigenvalue weighted by Crippen LogP contribution is -2.28. The Morgan fingerprint density at radius 1 is 1.17 bits per heavy atom. The number of nitriles is 1. The van der Waals surface area contributed by atoms with Gasteiger partial charge in [0, 0.05) is 42.9 Å². The number of nitrogens with zero attached hydrogens (tertiary/aromatic N) is 5. The van der Waals surface area contributed by atoms with Gasteiger partial charge in [-0.2, -0.15) is 10.4 Å². The number of hydrogen-bond donors (Lipinski definition) is 2. The molecule has 0 fully saturated rings. The van der Waals surface area contributed by atoms with Gasteiger partial charge in [0.2, 0.25) is 5.92 Å². The van der Waals surface area contributed by atoms with Crippen molar-refractivity contribution < 1.29 is 13.6 Å². The summed E-state index contributed by atoms with van der Waals surface area (Å²) >= 11 is 0. The zero-order chi connectivity index (χ0) is 25.7. The number of halogens is 2. The van der Waals surface area contributed by atoms with Crippen LogP contribution < -0.4 is 5.32 Å². The molecule has 1 aromatic carbocycles. The van der Waals surface area contributed by atoms with Crippen molar-refractivity contribution in [2.24, 2.45) is 0 Å². The highest BCUT2D eigenvalue weighted by atomic mass is 19.3.